The van der Waals surface area contributed by atoms with Crippen LogP contribution in [0.25, 0.3) is 10.9 Å². The molecule has 0 amide bonds. The lowest BCUT2D eigenvalue weighted by molar-refractivity contribution is 0.0954. The molecule has 2 aromatic rings. The van der Waals surface area contributed by atoms with Crippen molar-refractivity contribution in [2.45, 2.75) is 18.9 Å². The number of rotatable bonds is 2. The van der Waals surface area contributed by atoms with E-state index in [-0.39, 0.29) is 11.8 Å². The van der Waals surface area contributed by atoms with E-state index < -0.39 is 11.6 Å². The van der Waals surface area contributed by atoms with Crippen LogP contribution in [-0.4, -0.2) is 22.9 Å². The molecule has 1 unspecified atom stereocenters. The molecule has 2 heterocycles. The van der Waals surface area contributed by atoms with E-state index in [1.165, 1.54) is 0 Å². The van der Waals surface area contributed by atoms with Crippen LogP contribution in [0.2, 0.25) is 0 Å². The Balaban J connectivity index is 2.13. The fourth-order valence-corrected chi connectivity index (χ4v) is 2.67. The van der Waals surface area contributed by atoms with Gasteiger partial charge in [-0.05, 0) is 25.5 Å². The maximum Gasteiger partial charge on any atom is 0.181 e. The van der Waals surface area contributed by atoms with Gasteiger partial charge in [0.15, 0.2) is 17.4 Å². The van der Waals surface area contributed by atoms with E-state index in [4.69, 9.17) is 0 Å². The first-order valence-corrected chi connectivity index (χ1v) is 6.29. The van der Waals surface area contributed by atoms with Crippen LogP contribution in [0.15, 0.2) is 18.3 Å². The summed E-state index contributed by atoms with van der Waals surface area (Å²) in [6, 6.07) is 2.02. The molecule has 1 aromatic carbocycles. The van der Waals surface area contributed by atoms with E-state index in [1.54, 1.807) is 17.8 Å². The summed E-state index contributed by atoms with van der Waals surface area (Å²) in [6.07, 6.45) is 3.40. The highest BCUT2D eigenvalue weighted by Gasteiger charge is 2.26. The Hall–Kier alpha value is -1.75. The van der Waals surface area contributed by atoms with Crippen molar-refractivity contribution in [3.05, 3.63) is 35.5 Å². The second-order valence-corrected chi connectivity index (χ2v) is 4.95. The zero-order valence-electron chi connectivity index (χ0n) is 10.5. The molecular weight excluding hydrogens is 250 g/mol. The second kappa shape index (κ2) is 4.42. The first kappa shape index (κ1) is 12.3. The molecule has 3 nitrogen and oxygen atoms in total. The molecule has 1 N–H and O–H groups in total. The highest BCUT2D eigenvalue weighted by Crippen LogP contribution is 2.26. The topological polar surface area (TPSA) is 34.0 Å². The summed E-state index contributed by atoms with van der Waals surface area (Å²) >= 11 is 0. The smallest absolute Gasteiger partial charge is 0.181 e. The number of nitrogens with one attached hydrogen (secondary N) is 1. The number of fused-ring (bicyclic) bond motifs is 1. The van der Waals surface area contributed by atoms with Crippen LogP contribution in [0.5, 0.6) is 0 Å². The van der Waals surface area contributed by atoms with Gasteiger partial charge in [-0.25, -0.2) is 8.78 Å². The van der Waals surface area contributed by atoms with E-state index >= 15 is 0 Å². The Bertz CT molecular complexity index is 657. The fourth-order valence-electron chi connectivity index (χ4n) is 2.67. The van der Waals surface area contributed by atoms with Gasteiger partial charge in [0.1, 0.15) is 0 Å². The average molecular weight is 264 g/mol. The zero-order valence-corrected chi connectivity index (χ0v) is 10.5. The summed E-state index contributed by atoms with van der Waals surface area (Å²) in [4.78, 5) is 12.4. The summed E-state index contributed by atoms with van der Waals surface area (Å²) in [5.74, 6) is -1.87. The van der Waals surface area contributed by atoms with Crippen molar-refractivity contribution >= 4 is 16.7 Å². The molecule has 19 heavy (non-hydrogen) atoms. The van der Waals surface area contributed by atoms with Crippen LogP contribution < -0.4 is 5.32 Å². The van der Waals surface area contributed by atoms with Gasteiger partial charge in [-0.15, -0.1) is 0 Å². The maximum atomic E-state index is 13.4. The number of halogens is 2. The number of carbonyl (C=O) groups is 1. The van der Waals surface area contributed by atoms with Crippen LogP contribution >= 0.6 is 0 Å². The van der Waals surface area contributed by atoms with Gasteiger partial charge in [-0.1, -0.05) is 0 Å². The van der Waals surface area contributed by atoms with E-state index in [0.29, 0.717) is 16.5 Å². The van der Waals surface area contributed by atoms with E-state index in [0.717, 1.165) is 31.5 Å². The number of benzene rings is 1. The fraction of sp³-hybridized carbons (Fsp3) is 0.357. The molecule has 100 valence electrons. The van der Waals surface area contributed by atoms with Gasteiger partial charge in [0.2, 0.25) is 0 Å². The van der Waals surface area contributed by atoms with Gasteiger partial charge in [-0.3, -0.25) is 4.79 Å². The number of Topliss-reactive ketones (excluding diaryl/α,β-unsaturated/α-hetero) is 1. The zero-order chi connectivity index (χ0) is 13.6. The van der Waals surface area contributed by atoms with Crippen molar-refractivity contribution in [3.63, 3.8) is 0 Å². The number of hydrogen-bond acceptors (Lipinski definition) is 2. The minimum Gasteiger partial charge on any atom is -0.350 e. The lowest BCUT2D eigenvalue weighted by Crippen LogP contribution is -2.30. The highest BCUT2D eigenvalue weighted by atomic mass is 19.2. The number of hydrogen-bond donors (Lipinski definition) is 1. The normalized spacial score (nSPS) is 19.2. The quantitative estimate of drug-likeness (QED) is 0.845. The SMILES string of the molecule is Cn1cc(C(=O)C2CCCN2)c2cc(F)c(F)cc21. The Labute approximate surface area is 109 Å². The summed E-state index contributed by atoms with van der Waals surface area (Å²) in [7, 11) is 1.72. The molecule has 1 fully saturated rings. The number of aryl methyl sites for hydroxylation is 1. The first-order valence-electron chi connectivity index (χ1n) is 6.29. The molecule has 1 saturated heterocycles. The molecule has 1 aliphatic heterocycles. The minimum atomic E-state index is -0.924. The van der Waals surface area contributed by atoms with Gasteiger partial charge in [0.05, 0.1) is 11.6 Å². The third-order valence-corrected chi connectivity index (χ3v) is 3.67. The summed E-state index contributed by atoms with van der Waals surface area (Å²) in [5, 5.41) is 3.60. The van der Waals surface area contributed by atoms with Crippen molar-refractivity contribution in [3.8, 4) is 0 Å². The van der Waals surface area contributed by atoms with Gasteiger partial charge < -0.3 is 9.88 Å². The summed E-state index contributed by atoms with van der Waals surface area (Å²) in [6.45, 7) is 0.824. The lowest BCUT2D eigenvalue weighted by atomic mass is 10.0. The second-order valence-electron chi connectivity index (χ2n) is 4.95. The van der Waals surface area contributed by atoms with E-state index in [1.807, 2.05) is 0 Å². The molecule has 1 aromatic heterocycles. The molecule has 0 spiro atoms. The van der Waals surface area contributed by atoms with E-state index in [9.17, 15) is 13.6 Å². The predicted molar refractivity (Wildman–Crippen MR) is 68.2 cm³/mol. The summed E-state index contributed by atoms with van der Waals surface area (Å²) < 4.78 is 28.3. The molecule has 0 bridgehead atoms. The molecule has 3 rings (SSSR count). The maximum absolute atomic E-state index is 13.4. The number of carbonyl (C=O) groups excluding carboxylic acids is 1. The molecule has 5 heteroatoms. The Morgan fingerprint density at radius 3 is 2.79 bits per heavy atom. The first-order chi connectivity index (χ1) is 9.08. The molecule has 1 atom stereocenters. The van der Waals surface area contributed by atoms with Crippen molar-refractivity contribution in [1.29, 1.82) is 0 Å². The lowest BCUT2D eigenvalue weighted by Gasteiger charge is -2.07. The van der Waals surface area contributed by atoms with Gasteiger partial charge in [0.25, 0.3) is 0 Å². The predicted octanol–water partition coefficient (Wildman–Crippen LogP) is 2.39. The van der Waals surface area contributed by atoms with E-state index in [2.05, 4.69) is 5.32 Å². The van der Waals surface area contributed by atoms with Crippen molar-refractivity contribution in [2.75, 3.05) is 6.54 Å². The standard InChI is InChI=1S/C14H14F2N2O/c1-18-7-9(14(19)12-3-2-4-17-12)8-5-10(15)11(16)6-13(8)18/h5-7,12,17H,2-4H2,1H3. The number of ketones is 1. The van der Waals surface area contributed by atoms with Crippen LogP contribution in [0.3, 0.4) is 0 Å². The molecule has 0 aliphatic carbocycles. The highest BCUT2D eigenvalue weighted by molar-refractivity contribution is 6.10. The van der Waals surface area contributed by atoms with Crippen molar-refractivity contribution in [1.82, 2.24) is 9.88 Å². The van der Waals surface area contributed by atoms with Crippen LogP contribution in [0.4, 0.5) is 8.78 Å². The molecule has 0 radical (unpaired) electrons. The van der Waals surface area contributed by atoms with Crippen LogP contribution in [-0.2, 0) is 7.05 Å². The van der Waals surface area contributed by atoms with Crippen LogP contribution in [0, 0.1) is 11.6 Å². The Morgan fingerprint density at radius 1 is 1.37 bits per heavy atom. The average Bonchev–Trinajstić information content (AvgIpc) is 3.00. The van der Waals surface area contributed by atoms with Gasteiger partial charge in [0, 0.05) is 30.3 Å². The third-order valence-electron chi connectivity index (χ3n) is 3.67. The Morgan fingerprint density at radius 2 is 2.11 bits per heavy atom. The largest absolute Gasteiger partial charge is 0.350 e. The summed E-state index contributed by atoms with van der Waals surface area (Å²) in [5.41, 5.74) is 0.982. The monoisotopic (exact) mass is 264 g/mol. The van der Waals surface area contributed by atoms with Gasteiger partial charge >= 0.3 is 0 Å². The van der Waals surface area contributed by atoms with Crippen LogP contribution in [0.1, 0.15) is 23.2 Å². The number of aromatic nitrogens is 1. The minimum absolute atomic E-state index is 0.0471. The van der Waals surface area contributed by atoms with Gasteiger partial charge in [-0.2, -0.15) is 0 Å². The number of nitrogens with zero attached hydrogens (tertiary/aromatic N) is 1. The van der Waals surface area contributed by atoms with Crippen molar-refractivity contribution in [2.24, 2.45) is 7.05 Å². The molecular formula is C14H14F2N2O. The Kier molecular flexibility index (Phi) is 2.86. The third kappa shape index (κ3) is 1.94. The molecule has 0 saturated carbocycles. The van der Waals surface area contributed by atoms with Crippen molar-refractivity contribution < 1.29 is 13.6 Å². The molecule has 1 aliphatic rings.